The number of hydrogen-bond donors (Lipinski definition) is 0. The van der Waals surface area contributed by atoms with Crippen LogP contribution >= 0.6 is 11.6 Å². The fourth-order valence-corrected chi connectivity index (χ4v) is 2.20. The Labute approximate surface area is 116 Å². The Morgan fingerprint density at radius 2 is 2.16 bits per heavy atom. The molecule has 2 atom stereocenters. The Bertz CT molecular complexity index is 486. The zero-order chi connectivity index (χ0) is 13.8. The van der Waals surface area contributed by atoms with Gasteiger partial charge in [0, 0.05) is 5.02 Å². The van der Waals surface area contributed by atoms with Crippen LogP contribution in [0, 0.1) is 5.92 Å². The van der Waals surface area contributed by atoms with Crippen LogP contribution in [0.3, 0.4) is 0 Å². The van der Waals surface area contributed by atoms with Crippen molar-refractivity contribution in [2.45, 2.75) is 19.3 Å². The first-order valence-corrected chi connectivity index (χ1v) is 6.57. The maximum absolute atomic E-state index is 11.7. The van der Waals surface area contributed by atoms with Crippen molar-refractivity contribution in [3.05, 3.63) is 34.9 Å². The van der Waals surface area contributed by atoms with E-state index >= 15 is 0 Å². The number of carbonyl (C=O) groups excluding carboxylic acids is 2. The molecule has 2 rings (SSSR count). The summed E-state index contributed by atoms with van der Waals surface area (Å²) in [5.41, 5.74) is 1.03. The Kier molecular flexibility index (Phi) is 4.43. The topological polar surface area (TPSA) is 52.6 Å². The third-order valence-corrected chi connectivity index (χ3v) is 3.24. The smallest absolute Gasteiger partial charge is 0.344 e. The van der Waals surface area contributed by atoms with Crippen LogP contribution in [0.4, 0.5) is 0 Å². The van der Waals surface area contributed by atoms with Crippen molar-refractivity contribution in [1.29, 1.82) is 0 Å². The summed E-state index contributed by atoms with van der Waals surface area (Å²) in [5.74, 6) is -0.893. The third-order valence-electron chi connectivity index (χ3n) is 3.01. The van der Waals surface area contributed by atoms with E-state index in [4.69, 9.17) is 16.3 Å². The SMILES string of the molecule is CCOC(=O)COC(=O)C1CC1c1cccc(Cl)c1. The molecule has 5 heteroatoms. The second kappa shape index (κ2) is 6.06. The van der Waals surface area contributed by atoms with Gasteiger partial charge < -0.3 is 9.47 Å². The largest absolute Gasteiger partial charge is 0.463 e. The number of ether oxygens (including phenoxy) is 2. The Hall–Kier alpha value is -1.55. The summed E-state index contributed by atoms with van der Waals surface area (Å²) >= 11 is 5.90. The molecule has 0 radical (unpaired) electrons. The summed E-state index contributed by atoms with van der Waals surface area (Å²) in [7, 11) is 0. The van der Waals surface area contributed by atoms with Crippen LogP contribution in [-0.2, 0) is 19.1 Å². The fraction of sp³-hybridized carbons (Fsp3) is 0.429. The number of rotatable bonds is 5. The lowest BCUT2D eigenvalue weighted by Gasteiger charge is -2.04. The molecule has 0 heterocycles. The van der Waals surface area contributed by atoms with E-state index in [9.17, 15) is 9.59 Å². The van der Waals surface area contributed by atoms with E-state index in [2.05, 4.69) is 4.74 Å². The van der Waals surface area contributed by atoms with Crippen molar-refractivity contribution in [2.24, 2.45) is 5.92 Å². The van der Waals surface area contributed by atoms with Crippen LogP contribution in [0.5, 0.6) is 0 Å². The van der Waals surface area contributed by atoms with Gasteiger partial charge in [0.25, 0.3) is 0 Å². The molecular weight excluding hydrogens is 268 g/mol. The summed E-state index contributed by atoms with van der Waals surface area (Å²) in [6.45, 7) is 1.67. The summed E-state index contributed by atoms with van der Waals surface area (Å²) in [4.78, 5) is 22.8. The molecule has 2 unspecified atom stereocenters. The molecule has 1 fully saturated rings. The maximum atomic E-state index is 11.7. The van der Waals surface area contributed by atoms with Gasteiger partial charge in [-0.05, 0) is 37.0 Å². The number of esters is 2. The average molecular weight is 283 g/mol. The molecule has 1 aromatic carbocycles. The normalized spacial score (nSPS) is 20.7. The molecule has 0 bridgehead atoms. The molecule has 0 saturated heterocycles. The molecule has 1 aliphatic rings. The molecule has 0 aliphatic heterocycles. The van der Waals surface area contributed by atoms with Crippen molar-refractivity contribution < 1.29 is 19.1 Å². The van der Waals surface area contributed by atoms with Crippen molar-refractivity contribution >= 4 is 23.5 Å². The van der Waals surface area contributed by atoms with Gasteiger partial charge in [0.05, 0.1) is 12.5 Å². The Morgan fingerprint density at radius 3 is 2.84 bits per heavy atom. The van der Waals surface area contributed by atoms with Gasteiger partial charge in [-0.15, -0.1) is 0 Å². The van der Waals surface area contributed by atoms with Crippen molar-refractivity contribution in [3.63, 3.8) is 0 Å². The van der Waals surface area contributed by atoms with E-state index in [-0.39, 0.29) is 31.0 Å². The Balaban J connectivity index is 1.82. The van der Waals surface area contributed by atoms with Gasteiger partial charge in [-0.25, -0.2) is 4.79 Å². The number of carbonyl (C=O) groups is 2. The van der Waals surface area contributed by atoms with Gasteiger partial charge >= 0.3 is 11.9 Å². The lowest BCUT2D eigenvalue weighted by atomic mass is 10.1. The molecule has 102 valence electrons. The van der Waals surface area contributed by atoms with Crippen LogP contribution in [0.2, 0.25) is 5.02 Å². The molecule has 0 aromatic heterocycles. The molecule has 1 aromatic rings. The van der Waals surface area contributed by atoms with Crippen LogP contribution in [0.1, 0.15) is 24.8 Å². The van der Waals surface area contributed by atoms with Crippen molar-refractivity contribution in [2.75, 3.05) is 13.2 Å². The van der Waals surface area contributed by atoms with Gasteiger partial charge in [0.1, 0.15) is 0 Å². The van der Waals surface area contributed by atoms with E-state index < -0.39 is 5.97 Å². The predicted octanol–water partition coefficient (Wildman–Crippen LogP) is 2.55. The van der Waals surface area contributed by atoms with Crippen LogP contribution < -0.4 is 0 Å². The van der Waals surface area contributed by atoms with Crippen LogP contribution in [0.15, 0.2) is 24.3 Å². The summed E-state index contributed by atoms with van der Waals surface area (Å²) in [5, 5.41) is 0.656. The number of hydrogen-bond acceptors (Lipinski definition) is 4. The first-order chi connectivity index (χ1) is 9.11. The summed E-state index contributed by atoms with van der Waals surface area (Å²) in [6, 6.07) is 7.44. The molecule has 19 heavy (non-hydrogen) atoms. The minimum atomic E-state index is -0.518. The predicted molar refractivity (Wildman–Crippen MR) is 69.9 cm³/mol. The monoisotopic (exact) mass is 282 g/mol. The van der Waals surface area contributed by atoms with Crippen LogP contribution in [0.25, 0.3) is 0 Å². The number of benzene rings is 1. The molecule has 0 amide bonds. The van der Waals surface area contributed by atoms with E-state index in [0.717, 1.165) is 12.0 Å². The lowest BCUT2D eigenvalue weighted by Crippen LogP contribution is -2.17. The van der Waals surface area contributed by atoms with Gasteiger partial charge in [-0.3, -0.25) is 4.79 Å². The quantitative estimate of drug-likeness (QED) is 0.779. The first-order valence-electron chi connectivity index (χ1n) is 6.19. The zero-order valence-electron chi connectivity index (χ0n) is 10.6. The van der Waals surface area contributed by atoms with E-state index in [1.54, 1.807) is 13.0 Å². The number of halogens is 1. The van der Waals surface area contributed by atoms with Gasteiger partial charge in [0.2, 0.25) is 0 Å². The standard InChI is InChI=1S/C14H15ClO4/c1-2-18-13(16)8-19-14(17)12-7-11(12)9-4-3-5-10(15)6-9/h3-6,11-12H,2,7-8H2,1H3. The van der Waals surface area contributed by atoms with Crippen molar-refractivity contribution in [3.8, 4) is 0 Å². The zero-order valence-corrected chi connectivity index (χ0v) is 11.4. The molecule has 1 saturated carbocycles. The van der Waals surface area contributed by atoms with E-state index in [1.165, 1.54) is 0 Å². The van der Waals surface area contributed by atoms with E-state index in [0.29, 0.717) is 5.02 Å². The highest BCUT2D eigenvalue weighted by atomic mass is 35.5. The van der Waals surface area contributed by atoms with Gasteiger partial charge in [-0.1, -0.05) is 23.7 Å². The lowest BCUT2D eigenvalue weighted by molar-refractivity contribution is -0.159. The molecule has 0 spiro atoms. The minimum Gasteiger partial charge on any atom is -0.463 e. The fourth-order valence-electron chi connectivity index (χ4n) is 2.00. The molecule has 0 N–H and O–H groups in total. The van der Waals surface area contributed by atoms with Gasteiger partial charge in [-0.2, -0.15) is 0 Å². The minimum absolute atomic E-state index is 0.147. The molecule has 4 nitrogen and oxygen atoms in total. The third kappa shape index (κ3) is 3.70. The average Bonchev–Trinajstić information content (AvgIpc) is 3.16. The van der Waals surface area contributed by atoms with Gasteiger partial charge in [0.15, 0.2) is 6.61 Å². The molecule has 1 aliphatic carbocycles. The van der Waals surface area contributed by atoms with Crippen LogP contribution in [-0.4, -0.2) is 25.2 Å². The summed E-state index contributed by atoms with van der Waals surface area (Å²) < 4.78 is 9.60. The second-order valence-electron chi connectivity index (χ2n) is 4.42. The molecular formula is C14H15ClO4. The van der Waals surface area contributed by atoms with Crippen molar-refractivity contribution in [1.82, 2.24) is 0 Å². The highest BCUT2D eigenvalue weighted by molar-refractivity contribution is 6.30. The summed E-state index contributed by atoms with van der Waals surface area (Å²) in [6.07, 6.45) is 0.738. The maximum Gasteiger partial charge on any atom is 0.344 e. The highest BCUT2D eigenvalue weighted by Crippen LogP contribution is 2.48. The Morgan fingerprint density at radius 1 is 1.37 bits per heavy atom. The highest BCUT2D eigenvalue weighted by Gasteiger charge is 2.45. The first kappa shape index (κ1) is 13.9. The van der Waals surface area contributed by atoms with E-state index in [1.807, 2.05) is 18.2 Å². The second-order valence-corrected chi connectivity index (χ2v) is 4.85.